The largest absolute Gasteiger partial charge is 0.496 e. The smallest absolute Gasteiger partial charge is 0.417 e. The van der Waals surface area contributed by atoms with Crippen LogP contribution in [0.25, 0.3) is 0 Å². The maximum Gasteiger partial charge on any atom is 0.417 e. The molecule has 3 rings (SSSR count). The zero-order valence-corrected chi connectivity index (χ0v) is 29.7. The number of para-hydroxylation sites is 1. The van der Waals surface area contributed by atoms with Gasteiger partial charge in [-0.25, -0.2) is 14.3 Å². The SMILES string of the molecule is CCCCCCCCCCCCCCOc1ccc(COC(=O)N(Cc2ccc[n+](CCC)c2)C(=O)c2ccccc2OC)cc1OC. The molecule has 0 bridgehead atoms. The third-order valence-electron chi connectivity index (χ3n) is 8.39. The van der Waals surface area contributed by atoms with Crippen LogP contribution in [0, 0.1) is 0 Å². The molecule has 0 aliphatic carbocycles. The molecule has 0 spiro atoms. The lowest BCUT2D eigenvalue weighted by atomic mass is 10.1. The van der Waals surface area contributed by atoms with Crippen molar-refractivity contribution >= 4 is 12.0 Å². The molecule has 0 N–H and O–H groups in total. The van der Waals surface area contributed by atoms with Gasteiger partial charge < -0.3 is 18.9 Å². The van der Waals surface area contributed by atoms with Gasteiger partial charge in [-0.2, -0.15) is 0 Å². The molecule has 8 nitrogen and oxygen atoms in total. The van der Waals surface area contributed by atoms with E-state index in [9.17, 15) is 9.59 Å². The normalized spacial score (nSPS) is 10.8. The number of aromatic nitrogens is 1. The van der Waals surface area contributed by atoms with Crippen molar-refractivity contribution in [3.8, 4) is 17.2 Å². The fourth-order valence-corrected chi connectivity index (χ4v) is 5.70. The topological polar surface area (TPSA) is 78.2 Å². The number of methoxy groups -OCH3 is 2. The van der Waals surface area contributed by atoms with E-state index in [1.165, 1.54) is 71.3 Å². The highest BCUT2D eigenvalue weighted by atomic mass is 16.6. The van der Waals surface area contributed by atoms with Crippen LogP contribution < -0.4 is 18.8 Å². The number of carbonyl (C=O) groups excluding carboxylic acids is 2. The lowest BCUT2D eigenvalue weighted by Gasteiger charge is -2.21. The van der Waals surface area contributed by atoms with Gasteiger partial charge in [-0.1, -0.05) is 103 Å². The first-order valence-corrected chi connectivity index (χ1v) is 17.9. The predicted octanol–water partition coefficient (Wildman–Crippen LogP) is 9.46. The zero-order chi connectivity index (χ0) is 34.4. The van der Waals surface area contributed by atoms with Crippen LogP contribution in [0.1, 0.15) is 119 Å². The molecule has 2 aromatic carbocycles. The van der Waals surface area contributed by atoms with Crippen molar-refractivity contribution in [2.75, 3.05) is 20.8 Å². The zero-order valence-electron chi connectivity index (χ0n) is 29.7. The molecule has 8 heteroatoms. The Morgan fingerprint density at radius 3 is 2.02 bits per heavy atom. The van der Waals surface area contributed by atoms with E-state index in [-0.39, 0.29) is 18.7 Å². The number of carbonyl (C=O) groups is 2. The molecule has 48 heavy (non-hydrogen) atoms. The van der Waals surface area contributed by atoms with Gasteiger partial charge in [0.25, 0.3) is 5.91 Å². The van der Waals surface area contributed by atoms with Crippen molar-refractivity contribution in [1.29, 1.82) is 0 Å². The molecule has 0 aliphatic heterocycles. The summed E-state index contributed by atoms with van der Waals surface area (Å²) in [6.45, 7) is 5.84. The van der Waals surface area contributed by atoms with Gasteiger partial charge in [0.15, 0.2) is 23.9 Å². The van der Waals surface area contributed by atoms with Crippen LogP contribution in [-0.4, -0.2) is 37.7 Å². The monoisotopic (exact) mass is 661 g/mol. The molecule has 2 amide bonds. The highest BCUT2D eigenvalue weighted by molar-refractivity contribution is 6.04. The number of unbranched alkanes of at least 4 members (excludes halogenated alkanes) is 11. The Bertz CT molecular complexity index is 1380. The van der Waals surface area contributed by atoms with Crippen molar-refractivity contribution in [2.24, 2.45) is 0 Å². The van der Waals surface area contributed by atoms with Gasteiger partial charge in [0.2, 0.25) is 0 Å². The molecule has 0 aliphatic rings. The van der Waals surface area contributed by atoms with Gasteiger partial charge >= 0.3 is 6.09 Å². The van der Waals surface area contributed by atoms with E-state index in [4.69, 9.17) is 18.9 Å². The molecule has 0 atom stereocenters. The summed E-state index contributed by atoms with van der Waals surface area (Å²) in [4.78, 5) is 28.3. The first-order chi connectivity index (χ1) is 23.5. The van der Waals surface area contributed by atoms with Crippen molar-refractivity contribution in [3.63, 3.8) is 0 Å². The number of nitrogens with zero attached hydrogens (tertiary/aromatic N) is 2. The number of aryl methyl sites for hydroxylation is 1. The summed E-state index contributed by atoms with van der Waals surface area (Å²) in [7, 11) is 3.10. The van der Waals surface area contributed by atoms with Crippen molar-refractivity contribution in [3.05, 3.63) is 83.7 Å². The molecule has 0 saturated heterocycles. The maximum absolute atomic E-state index is 13.7. The van der Waals surface area contributed by atoms with E-state index >= 15 is 0 Å². The minimum Gasteiger partial charge on any atom is -0.496 e. The highest BCUT2D eigenvalue weighted by Gasteiger charge is 2.28. The summed E-state index contributed by atoms with van der Waals surface area (Å²) in [5.41, 5.74) is 1.82. The Morgan fingerprint density at radius 1 is 0.688 bits per heavy atom. The minimum absolute atomic E-state index is 0.0332. The van der Waals surface area contributed by atoms with E-state index in [1.54, 1.807) is 31.4 Å². The molecular formula is C40H57N2O6+. The third-order valence-corrected chi connectivity index (χ3v) is 8.39. The van der Waals surface area contributed by atoms with Gasteiger partial charge in [-0.15, -0.1) is 0 Å². The second-order valence-corrected chi connectivity index (χ2v) is 12.3. The van der Waals surface area contributed by atoms with Gasteiger partial charge in [-0.05, 0) is 42.3 Å². The molecule has 0 fully saturated rings. The fourth-order valence-electron chi connectivity index (χ4n) is 5.70. The molecule has 0 radical (unpaired) electrons. The molecule has 0 saturated carbocycles. The van der Waals surface area contributed by atoms with Gasteiger partial charge in [0.05, 0.1) is 32.9 Å². The quantitative estimate of drug-likeness (QED) is 0.0744. The first-order valence-electron chi connectivity index (χ1n) is 17.9. The molecule has 1 aromatic heterocycles. The molecule has 1 heterocycles. The fraction of sp³-hybridized carbons (Fsp3) is 0.525. The molecule has 262 valence electrons. The van der Waals surface area contributed by atoms with Crippen LogP contribution in [0.5, 0.6) is 17.2 Å². The number of imide groups is 1. The summed E-state index contributed by atoms with van der Waals surface area (Å²) in [6.07, 6.45) is 19.7. The molecule has 0 unspecified atom stereocenters. The summed E-state index contributed by atoms with van der Waals surface area (Å²) >= 11 is 0. The average molecular weight is 662 g/mol. The Kier molecular flexibility index (Phi) is 18.0. The van der Waals surface area contributed by atoms with Gasteiger partial charge in [0, 0.05) is 18.1 Å². The van der Waals surface area contributed by atoms with Crippen LogP contribution in [0.15, 0.2) is 67.0 Å². The third kappa shape index (κ3) is 13.2. The summed E-state index contributed by atoms with van der Waals surface area (Å²) < 4.78 is 24.8. The summed E-state index contributed by atoms with van der Waals surface area (Å²) in [6, 6.07) is 16.2. The minimum atomic E-state index is -0.747. The van der Waals surface area contributed by atoms with Crippen LogP contribution in [-0.2, 0) is 24.4 Å². The van der Waals surface area contributed by atoms with E-state index in [0.717, 1.165) is 41.8 Å². The first kappa shape index (κ1) is 38.4. The Balaban J connectivity index is 1.52. The van der Waals surface area contributed by atoms with E-state index in [2.05, 4.69) is 13.8 Å². The Labute approximate surface area is 288 Å². The lowest BCUT2D eigenvalue weighted by Crippen LogP contribution is -2.38. The van der Waals surface area contributed by atoms with Crippen LogP contribution in [0.4, 0.5) is 4.79 Å². The molecular weight excluding hydrogens is 604 g/mol. The average Bonchev–Trinajstić information content (AvgIpc) is 3.11. The van der Waals surface area contributed by atoms with Crippen LogP contribution in [0.3, 0.4) is 0 Å². The maximum atomic E-state index is 13.7. The van der Waals surface area contributed by atoms with Crippen molar-refractivity contribution in [2.45, 2.75) is 117 Å². The highest BCUT2D eigenvalue weighted by Crippen LogP contribution is 2.29. The number of hydrogen-bond acceptors (Lipinski definition) is 6. The van der Waals surface area contributed by atoms with Gasteiger partial charge in [-0.3, -0.25) is 4.79 Å². The van der Waals surface area contributed by atoms with Crippen molar-refractivity contribution in [1.82, 2.24) is 4.90 Å². The van der Waals surface area contributed by atoms with Crippen LogP contribution in [0.2, 0.25) is 0 Å². The number of ether oxygens (including phenoxy) is 4. The van der Waals surface area contributed by atoms with Gasteiger partial charge in [0.1, 0.15) is 18.9 Å². The predicted molar refractivity (Wildman–Crippen MR) is 190 cm³/mol. The van der Waals surface area contributed by atoms with Crippen molar-refractivity contribution < 1.29 is 33.1 Å². The van der Waals surface area contributed by atoms with E-state index in [0.29, 0.717) is 23.9 Å². The van der Waals surface area contributed by atoms with E-state index in [1.807, 2.05) is 47.3 Å². The molecule has 3 aromatic rings. The number of hydrogen-bond donors (Lipinski definition) is 0. The lowest BCUT2D eigenvalue weighted by molar-refractivity contribution is -0.697. The number of rotatable bonds is 23. The number of benzene rings is 2. The van der Waals surface area contributed by atoms with E-state index < -0.39 is 12.0 Å². The number of amides is 2. The summed E-state index contributed by atoms with van der Waals surface area (Å²) in [5.74, 6) is 1.13. The second-order valence-electron chi connectivity index (χ2n) is 12.3. The summed E-state index contributed by atoms with van der Waals surface area (Å²) in [5, 5.41) is 0. The van der Waals surface area contributed by atoms with Crippen LogP contribution >= 0.6 is 0 Å². The second kappa shape index (κ2) is 22.5. The number of pyridine rings is 1. The Morgan fingerprint density at radius 2 is 1.35 bits per heavy atom. The Hall–Kier alpha value is -4.07. The standard InChI is InChI=1S/C40H57N2O6/c1-5-7-8-9-10-11-12-13-14-15-16-19-28-47-37-25-24-33(29-38(37)46-4)32-48-40(44)42(31-34-21-20-27-41(30-34)26-6-2)39(43)35-22-17-18-23-36(35)45-3/h17-18,20-25,27,29-30H,5-16,19,26,28,31-32H2,1-4H3/q+1.